The number of thiophene rings is 1. The van der Waals surface area contributed by atoms with Gasteiger partial charge in [-0.25, -0.2) is 0 Å². The maximum absolute atomic E-state index is 10.6. The summed E-state index contributed by atoms with van der Waals surface area (Å²) >= 11 is 1.67. The highest BCUT2D eigenvalue weighted by atomic mass is 32.1. The fraction of sp³-hybridized carbons (Fsp3) is 0. The first-order valence-electron chi connectivity index (χ1n) is 8.13. The van der Waals surface area contributed by atoms with E-state index in [1.54, 1.807) is 11.3 Å². The first-order chi connectivity index (χ1) is 12.2. The standard InChI is InChI=1S/C22H12O2S/c23-21-19-15-5-11-3-1-2-4-12(11)6-16(15)20(22(21)24)18-8-14-10-25-9-13(14)7-17(18)19/h1-10,23-24H. The zero-order valence-electron chi connectivity index (χ0n) is 13.1. The molecule has 0 spiro atoms. The molecular weight excluding hydrogens is 328 g/mol. The summed E-state index contributed by atoms with van der Waals surface area (Å²) in [4.78, 5) is 0. The number of fused-ring (bicyclic) bond motifs is 3. The molecule has 1 aromatic heterocycles. The van der Waals surface area contributed by atoms with Crippen LogP contribution in [0, 0.1) is 0 Å². The summed E-state index contributed by atoms with van der Waals surface area (Å²) < 4.78 is 0. The van der Waals surface area contributed by atoms with Crippen LogP contribution in [0.4, 0.5) is 0 Å². The topological polar surface area (TPSA) is 40.5 Å². The second-order valence-corrected chi connectivity index (χ2v) is 7.33. The molecule has 1 heterocycles. The third-order valence-corrected chi connectivity index (χ3v) is 6.05. The molecule has 6 aromatic carbocycles. The van der Waals surface area contributed by atoms with E-state index >= 15 is 0 Å². The van der Waals surface area contributed by atoms with Crippen molar-refractivity contribution in [2.45, 2.75) is 0 Å². The van der Waals surface area contributed by atoms with Crippen molar-refractivity contribution in [1.82, 2.24) is 0 Å². The molecule has 0 fully saturated rings. The molecule has 0 aliphatic rings. The van der Waals surface area contributed by atoms with Gasteiger partial charge in [0.15, 0.2) is 11.5 Å². The van der Waals surface area contributed by atoms with E-state index in [4.69, 9.17) is 0 Å². The molecule has 7 rings (SSSR count). The Labute approximate surface area is 146 Å². The number of phenols is 4. The van der Waals surface area contributed by atoms with Crippen molar-refractivity contribution >= 4 is 65.2 Å². The third kappa shape index (κ3) is 1.54. The number of hydrogen-bond acceptors (Lipinski definition) is 3. The first kappa shape index (κ1) is 13.3. The summed E-state index contributed by atoms with van der Waals surface area (Å²) in [6.45, 7) is 0. The Morgan fingerprint density at radius 2 is 0.960 bits per heavy atom. The highest BCUT2D eigenvalue weighted by molar-refractivity contribution is 7.09. The lowest BCUT2D eigenvalue weighted by atomic mass is 9.88. The fourth-order valence-electron chi connectivity index (χ4n) is 4.12. The van der Waals surface area contributed by atoms with E-state index < -0.39 is 0 Å². The number of hydrogen-bond donors (Lipinski definition) is 2. The summed E-state index contributed by atoms with van der Waals surface area (Å²) in [5, 5.41) is 35.5. The van der Waals surface area contributed by atoms with Gasteiger partial charge in [-0.2, -0.15) is 11.3 Å². The number of aromatic hydroxyl groups is 2. The molecule has 0 saturated carbocycles. The van der Waals surface area contributed by atoms with E-state index in [1.807, 2.05) is 12.1 Å². The van der Waals surface area contributed by atoms with Crippen molar-refractivity contribution in [1.29, 1.82) is 0 Å². The van der Waals surface area contributed by atoms with Crippen LogP contribution in [0.2, 0.25) is 0 Å². The Hall–Kier alpha value is -3.04. The van der Waals surface area contributed by atoms with Crippen LogP contribution in [-0.2, 0) is 0 Å². The molecule has 7 aromatic rings. The van der Waals surface area contributed by atoms with Gasteiger partial charge in [-0.15, -0.1) is 0 Å². The summed E-state index contributed by atoms with van der Waals surface area (Å²) in [5.74, 6) is -0.0280. The Balaban J connectivity index is 1.99. The van der Waals surface area contributed by atoms with Gasteiger partial charge in [0.1, 0.15) is 0 Å². The average molecular weight is 340 g/mol. The average Bonchev–Trinajstić information content (AvgIpc) is 3.08. The van der Waals surface area contributed by atoms with Crippen LogP contribution in [-0.4, -0.2) is 10.2 Å². The summed E-state index contributed by atoms with van der Waals surface area (Å²) in [6.07, 6.45) is 0. The molecule has 0 radical (unpaired) electrons. The molecule has 118 valence electrons. The van der Waals surface area contributed by atoms with E-state index in [0.717, 1.165) is 43.1 Å². The van der Waals surface area contributed by atoms with Gasteiger partial charge in [-0.05, 0) is 78.1 Å². The predicted octanol–water partition coefficient (Wildman–Crippen LogP) is 6.36. The lowest BCUT2D eigenvalue weighted by Gasteiger charge is -2.17. The number of rotatable bonds is 0. The maximum atomic E-state index is 10.6. The van der Waals surface area contributed by atoms with Gasteiger partial charge in [0.2, 0.25) is 0 Å². The molecule has 2 bridgehead atoms. The van der Waals surface area contributed by atoms with Crippen LogP contribution < -0.4 is 0 Å². The lowest BCUT2D eigenvalue weighted by Crippen LogP contribution is -1.89. The van der Waals surface area contributed by atoms with Crippen LogP contribution in [0.3, 0.4) is 0 Å². The van der Waals surface area contributed by atoms with Crippen LogP contribution in [0.5, 0.6) is 11.5 Å². The molecule has 0 atom stereocenters. The molecule has 0 saturated heterocycles. The van der Waals surface area contributed by atoms with Crippen molar-refractivity contribution in [3.63, 3.8) is 0 Å². The highest BCUT2D eigenvalue weighted by Gasteiger charge is 2.21. The summed E-state index contributed by atoms with van der Waals surface area (Å²) in [7, 11) is 0. The van der Waals surface area contributed by atoms with E-state index in [2.05, 4.69) is 47.2 Å². The minimum Gasteiger partial charge on any atom is -0.504 e. The number of phenolic OH excluding ortho intramolecular Hbond substituents is 2. The lowest BCUT2D eigenvalue weighted by molar-refractivity contribution is 0.412. The van der Waals surface area contributed by atoms with Gasteiger partial charge in [0.25, 0.3) is 0 Å². The van der Waals surface area contributed by atoms with Gasteiger partial charge in [0, 0.05) is 10.8 Å². The summed E-state index contributed by atoms with van der Waals surface area (Å²) in [6, 6.07) is 16.7. The van der Waals surface area contributed by atoms with Gasteiger partial charge >= 0.3 is 0 Å². The van der Waals surface area contributed by atoms with Crippen LogP contribution >= 0.6 is 11.3 Å². The van der Waals surface area contributed by atoms with Gasteiger partial charge in [-0.1, -0.05) is 24.3 Å². The maximum Gasteiger partial charge on any atom is 0.166 e. The van der Waals surface area contributed by atoms with Gasteiger partial charge in [-0.3, -0.25) is 0 Å². The molecule has 0 unspecified atom stereocenters. The van der Waals surface area contributed by atoms with Gasteiger partial charge < -0.3 is 10.2 Å². The second-order valence-electron chi connectivity index (χ2n) is 6.59. The monoisotopic (exact) mass is 340 g/mol. The Kier molecular flexibility index (Phi) is 2.29. The van der Waals surface area contributed by atoms with Crippen LogP contribution in [0.25, 0.3) is 53.9 Å². The Morgan fingerprint density at radius 3 is 1.40 bits per heavy atom. The molecule has 0 amide bonds. The van der Waals surface area contributed by atoms with Gasteiger partial charge in [0.05, 0.1) is 0 Å². The minimum absolute atomic E-state index is 0.0140. The largest absolute Gasteiger partial charge is 0.504 e. The zero-order valence-corrected chi connectivity index (χ0v) is 13.9. The minimum atomic E-state index is -0.0140. The molecule has 0 aliphatic carbocycles. The second kappa shape index (κ2) is 4.32. The highest BCUT2D eigenvalue weighted by Crippen LogP contribution is 2.51. The quantitative estimate of drug-likeness (QED) is 0.249. The fourth-order valence-corrected chi connectivity index (χ4v) is 4.89. The summed E-state index contributed by atoms with van der Waals surface area (Å²) in [5.41, 5.74) is 0. The molecule has 0 aliphatic heterocycles. The molecular formula is C22H12O2S. The van der Waals surface area contributed by atoms with E-state index in [9.17, 15) is 10.2 Å². The third-order valence-electron chi connectivity index (χ3n) is 5.27. The molecule has 2 nitrogen and oxygen atoms in total. The SMILES string of the molecule is Oc1c(O)c2c3cc4ccccc4cc3c1c1cc3cscc3cc12. The molecule has 2 N–H and O–H groups in total. The molecule has 25 heavy (non-hydrogen) atoms. The molecule has 3 heteroatoms. The van der Waals surface area contributed by atoms with Crippen LogP contribution in [0.15, 0.2) is 59.3 Å². The Morgan fingerprint density at radius 1 is 0.560 bits per heavy atom. The van der Waals surface area contributed by atoms with Crippen molar-refractivity contribution in [3.8, 4) is 11.5 Å². The zero-order chi connectivity index (χ0) is 16.7. The normalized spacial score (nSPS) is 12.3. The first-order valence-corrected chi connectivity index (χ1v) is 9.08. The smallest absolute Gasteiger partial charge is 0.166 e. The number of benzene rings is 6. The van der Waals surface area contributed by atoms with E-state index in [1.165, 1.54) is 10.8 Å². The predicted molar refractivity (Wildman–Crippen MR) is 106 cm³/mol. The van der Waals surface area contributed by atoms with E-state index in [0.29, 0.717) is 0 Å². The van der Waals surface area contributed by atoms with Crippen LogP contribution in [0.1, 0.15) is 0 Å². The van der Waals surface area contributed by atoms with E-state index in [-0.39, 0.29) is 11.5 Å². The van der Waals surface area contributed by atoms with Crippen molar-refractivity contribution < 1.29 is 10.2 Å². The van der Waals surface area contributed by atoms with Crippen molar-refractivity contribution in [2.24, 2.45) is 0 Å². The Bertz CT molecular complexity index is 1350. The van der Waals surface area contributed by atoms with Crippen molar-refractivity contribution in [2.75, 3.05) is 0 Å². The van der Waals surface area contributed by atoms with Crippen molar-refractivity contribution in [3.05, 3.63) is 59.3 Å².